The van der Waals surface area contributed by atoms with E-state index in [9.17, 15) is 4.79 Å². The van der Waals surface area contributed by atoms with Crippen LogP contribution in [0.3, 0.4) is 0 Å². The molecule has 4 nitrogen and oxygen atoms in total. The van der Waals surface area contributed by atoms with Crippen LogP contribution in [0.25, 0.3) is 0 Å². The van der Waals surface area contributed by atoms with Gasteiger partial charge < -0.3 is 9.47 Å². The number of carbonyl (C=O) groups is 1. The van der Waals surface area contributed by atoms with E-state index in [0.29, 0.717) is 6.61 Å². The maximum atomic E-state index is 13.6. The average Bonchev–Trinajstić information content (AvgIpc) is 2.97. The molecule has 0 aliphatic carbocycles. The molecular weight excluding hydrogens is 470 g/mol. The standard InChI is InChI=1S/C34H35NO3/c1-3-38-34(36)33(26-13-8-5-9-14-26)32(27-17-19-29(37-2)20-18-27)31-16-10-15-28-24-35(22-21-30(28)31)23-25-11-6-4-7-12-25/h4-20,32-33H,3,21-24H2,1-2H3. The predicted octanol–water partition coefficient (Wildman–Crippen LogP) is 6.73. The van der Waals surface area contributed by atoms with Crippen molar-refractivity contribution < 1.29 is 14.3 Å². The number of methoxy groups -OCH3 is 1. The molecule has 0 N–H and O–H groups in total. The van der Waals surface area contributed by atoms with Crippen LogP contribution in [-0.4, -0.2) is 31.1 Å². The van der Waals surface area contributed by atoms with E-state index in [0.717, 1.165) is 42.9 Å². The molecule has 0 amide bonds. The van der Waals surface area contributed by atoms with E-state index in [1.807, 2.05) is 49.4 Å². The Morgan fingerprint density at radius 3 is 2.24 bits per heavy atom. The molecule has 2 atom stereocenters. The number of nitrogens with zero attached hydrogens (tertiary/aromatic N) is 1. The lowest BCUT2D eigenvalue weighted by Gasteiger charge is -2.34. The van der Waals surface area contributed by atoms with Crippen molar-refractivity contribution in [2.75, 3.05) is 20.3 Å². The van der Waals surface area contributed by atoms with Crippen LogP contribution in [-0.2, 0) is 29.0 Å². The highest BCUT2D eigenvalue weighted by molar-refractivity contribution is 5.81. The first-order valence-electron chi connectivity index (χ1n) is 13.4. The van der Waals surface area contributed by atoms with Gasteiger partial charge in [-0.2, -0.15) is 0 Å². The molecule has 0 radical (unpaired) electrons. The van der Waals surface area contributed by atoms with E-state index < -0.39 is 5.92 Å². The van der Waals surface area contributed by atoms with Crippen molar-refractivity contribution in [2.45, 2.75) is 38.3 Å². The second kappa shape index (κ2) is 12.1. The Kier molecular flexibility index (Phi) is 8.20. The average molecular weight is 506 g/mol. The maximum absolute atomic E-state index is 13.6. The van der Waals surface area contributed by atoms with Crippen LogP contribution >= 0.6 is 0 Å². The summed E-state index contributed by atoms with van der Waals surface area (Å²) in [5, 5.41) is 0. The Morgan fingerprint density at radius 2 is 1.55 bits per heavy atom. The Morgan fingerprint density at radius 1 is 0.842 bits per heavy atom. The van der Waals surface area contributed by atoms with Gasteiger partial charge in [0, 0.05) is 25.6 Å². The zero-order chi connectivity index (χ0) is 26.3. The Bertz CT molecular complexity index is 1340. The van der Waals surface area contributed by atoms with E-state index in [2.05, 4.69) is 65.6 Å². The molecule has 4 aromatic carbocycles. The van der Waals surface area contributed by atoms with Crippen LogP contribution in [0.15, 0.2) is 103 Å². The number of rotatable bonds is 9. The van der Waals surface area contributed by atoms with Crippen LogP contribution in [0.4, 0.5) is 0 Å². The predicted molar refractivity (Wildman–Crippen MR) is 151 cm³/mol. The van der Waals surface area contributed by atoms with Crippen LogP contribution in [0.1, 0.15) is 52.1 Å². The highest BCUT2D eigenvalue weighted by atomic mass is 16.5. The zero-order valence-electron chi connectivity index (χ0n) is 22.2. The Labute approximate surface area is 225 Å². The molecule has 0 aromatic heterocycles. The molecule has 2 unspecified atom stereocenters. The number of benzene rings is 4. The van der Waals surface area contributed by atoms with Gasteiger partial charge in [0.15, 0.2) is 0 Å². The highest BCUT2D eigenvalue weighted by Crippen LogP contribution is 2.43. The third kappa shape index (κ3) is 5.66. The van der Waals surface area contributed by atoms with Crippen molar-refractivity contribution in [2.24, 2.45) is 0 Å². The zero-order valence-corrected chi connectivity index (χ0v) is 22.2. The minimum Gasteiger partial charge on any atom is -0.497 e. The molecule has 0 fully saturated rings. The lowest BCUT2D eigenvalue weighted by molar-refractivity contribution is -0.145. The smallest absolute Gasteiger partial charge is 0.314 e. The van der Waals surface area contributed by atoms with E-state index in [-0.39, 0.29) is 11.9 Å². The molecule has 0 saturated heterocycles. The van der Waals surface area contributed by atoms with Gasteiger partial charge in [0.1, 0.15) is 5.75 Å². The van der Waals surface area contributed by atoms with Gasteiger partial charge >= 0.3 is 5.97 Å². The summed E-state index contributed by atoms with van der Waals surface area (Å²) in [4.78, 5) is 16.1. The fraction of sp³-hybridized carbons (Fsp3) is 0.265. The first kappa shape index (κ1) is 25.7. The maximum Gasteiger partial charge on any atom is 0.314 e. The fourth-order valence-corrected chi connectivity index (χ4v) is 5.69. The summed E-state index contributed by atoms with van der Waals surface area (Å²) in [5.74, 6) is -0.0402. The van der Waals surface area contributed by atoms with Crippen molar-refractivity contribution in [1.82, 2.24) is 4.90 Å². The molecule has 1 aliphatic heterocycles. The number of hydrogen-bond donors (Lipinski definition) is 0. The summed E-state index contributed by atoms with van der Waals surface area (Å²) < 4.78 is 11.1. The van der Waals surface area contributed by atoms with E-state index in [1.54, 1.807) is 7.11 Å². The summed E-state index contributed by atoms with van der Waals surface area (Å²) >= 11 is 0. The molecular formula is C34H35NO3. The third-order valence-corrected chi connectivity index (χ3v) is 7.47. The van der Waals surface area contributed by atoms with Gasteiger partial charge in [-0.3, -0.25) is 9.69 Å². The van der Waals surface area contributed by atoms with Crippen molar-refractivity contribution in [3.63, 3.8) is 0 Å². The number of ether oxygens (including phenoxy) is 2. The first-order valence-corrected chi connectivity index (χ1v) is 13.4. The van der Waals surface area contributed by atoms with Crippen molar-refractivity contribution in [3.8, 4) is 5.75 Å². The van der Waals surface area contributed by atoms with Gasteiger partial charge in [-0.05, 0) is 58.9 Å². The summed E-state index contributed by atoms with van der Waals surface area (Å²) in [6.45, 7) is 5.02. The van der Waals surface area contributed by atoms with Crippen molar-refractivity contribution in [1.29, 1.82) is 0 Å². The van der Waals surface area contributed by atoms with E-state index >= 15 is 0 Å². The molecule has 1 aliphatic rings. The Hall–Kier alpha value is -3.89. The van der Waals surface area contributed by atoms with Gasteiger partial charge in [-0.1, -0.05) is 91.0 Å². The van der Waals surface area contributed by atoms with Crippen LogP contribution < -0.4 is 4.74 Å². The lowest BCUT2D eigenvalue weighted by Crippen LogP contribution is -2.32. The fourth-order valence-electron chi connectivity index (χ4n) is 5.69. The van der Waals surface area contributed by atoms with Crippen LogP contribution in [0.5, 0.6) is 5.75 Å². The monoisotopic (exact) mass is 505 g/mol. The second-order valence-electron chi connectivity index (χ2n) is 9.82. The molecule has 5 rings (SSSR count). The normalized spacial score (nSPS) is 14.8. The van der Waals surface area contributed by atoms with Crippen LogP contribution in [0.2, 0.25) is 0 Å². The quantitative estimate of drug-likeness (QED) is 0.236. The second-order valence-corrected chi connectivity index (χ2v) is 9.82. The molecule has 194 valence electrons. The molecule has 1 heterocycles. The minimum absolute atomic E-state index is 0.182. The SMILES string of the molecule is CCOC(=O)C(c1ccccc1)C(c1ccc(OC)cc1)c1cccc2c1CCN(Cc1ccccc1)C2. The highest BCUT2D eigenvalue weighted by Gasteiger charge is 2.36. The van der Waals surface area contributed by atoms with Crippen molar-refractivity contribution in [3.05, 3.63) is 137 Å². The van der Waals surface area contributed by atoms with Gasteiger partial charge in [-0.25, -0.2) is 0 Å². The third-order valence-electron chi connectivity index (χ3n) is 7.47. The van der Waals surface area contributed by atoms with Crippen LogP contribution in [0, 0.1) is 0 Å². The number of carbonyl (C=O) groups excluding carboxylic acids is 1. The largest absolute Gasteiger partial charge is 0.497 e. The molecule has 38 heavy (non-hydrogen) atoms. The number of esters is 1. The molecule has 4 aromatic rings. The van der Waals surface area contributed by atoms with Gasteiger partial charge in [0.25, 0.3) is 0 Å². The summed E-state index contributed by atoms with van der Waals surface area (Å²) in [6, 6.07) is 35.4. The van der Waals surface area contributed by atoms with Gasteiger partial charge in [0.05, 0.1) is 19.6 Å². The van der Waals surface area contributed by atoms with E-state index in [1.165, 1.54) is 22.3 Å². The number of fused-ring (bicyclic) bond motifs is 1. The van der Waals surface area contributed by atoms with Crippen molar-refractivity contribution >= 4 is 5.97 Å². The molecule has 0 bridgehead atoms. The lowest BCUT2D eigenvalue weighted by atomic mass is 9.74. The summed E-state index contributed by atoms with van der Waals surface area (Å²) in [7, 11) is 1.67. The van der Waals surface area contributed by atoms with Gasteiger partial charge in [0.2, 0.25) is 0 Å². The molecule has 4 heteroatoms. The minimum atomic E-state index is -0.460. The first-order chi connectivity index (χ1) is 18.7. The number of hydrogen-bond acceptors (Lipinski definition) is 4. The topological polar surface area (TPSA) is 38.8 Å². The van der Waals surface area contributed by atoms with E-state index in [4.69, 9.17) is 9.47 Å². The molecule has 0 spiro atoms. The summed E-state index contributed by atoms with van der Waals surface area (Å²) in [5.41, 5.74) is 7.25. The summed E-state index contributed by atoms with van der Waals surface area (Å²) in [6.07, 6.45) is 0.940. The molecule has 0 saturated carbocycles. The van der Waals surface area contributed by atoms with Gasteiger partial charge in [-0.15, -0.1) is 0 Å². The Balaban J connectivity index is 1.58.